The number of hydrazine groups is 1. The first-order chi connectivity index (χ1) is 7.72. The highest BCUT2D eigenvalue weighted by molar-refractivity contribution is 7.10. The highest BCUT2D eigenvalue weighted by atomic mass is 32.1. The molecular formula is C12H23N3S. The van der Waals surface area contributed by atoms with Crippen LogP contribution in [0.3, 0.4) is 0 Å². The SMILES string of the molecule is CCN(CC)CCC(NN)c1sccc1C. The molecule has 1 aromatic heterocycles. The molecule has 0 saturated heterocycles. The standard InChI is InChI=1S/C12H23N3S/c1-4-15(5-2)8-6-11(14-13)12-10(3)7-9-16-12/h7,9,11,14H,4-6,8,13H2,1-3H3. The molecule has 0 saturated carbocycles. The Labute approximate surface area is 103 Å². The molecular weight excluding hydrogens is 218 g/mol. The van der Waals surface area contributed by atoms with Crippen LogP contribution in [-0.4, -0.2) is 24.5 Å². The maximum Gasteiger partial charge on any atom is 0.0568 e. The van der Waals surface area contributed by atoms with Crippen LogP contribution in [-0.2, 0) is 0 Å². The lowest BCUT2D eigenvalue weighted by atomic mass is 10.1. The minimum Gasteiger partial charge on any atom is -0.304 e. The summed E-state index contributed by atoms with van der Waals surface area (Å²) >= 11 is 1.79. The summed E-state index contributed by atoms with van der Waals surface area (Å²) in [6, 6.07) is 2.45. The van der Waals surface area contributed by atoms with Crippen LogP contribution in [0.1, 0.15) is 36.8 Å². The van der Waals surface area contributed by atoms with E-state index in [1.807, 2.05) is 0 Å². The Kier molecular flexibility index (Phi) is 5.98. The van der Waals surface area contributed by atoms with Gasteiger partial charge < -0.3 is 4.90 Å². The molecule has 0 spiro atoms. The van der Waals surface area contributed by atoms with E-state index in [0.29, 0.717) is 6.04 Å². The summed E-state index contributed by atoms with van der Waals surface area (Å²) in [5.74, 6) is 5.64. The van der Waals surface area contributed by atoms with E-state index < -0.39 is 0 Å². The average Bonchev–Trinajstić information content (AvgIpc) is 2.71. The molecule has 0 bridgehead atoms. The molecule has 1 heterocycles. The fourth-order valence-corrected chi connectivity index (χ4v) is 2.91. The lowest BCUT2D eigenvalue weighted by molar-refractivity contribution is 0.283. The van der Waals surface area contributed by atoms with Crippen LogP contribution < -0.4 is 11.3 Å². The Bertz CT molecular complexity index is 294. The molecule has 1 aromatic rings. The summed E-state index contributed by atoms with van der Waals surface area (Å²) in [4.78, 5) is 3.79. The first kappa shape index (κ1) is 13.6. The van der Waals surface area contributed by atoms with Crippen molar-refractivity contribution in [3.8, 4) is 0 Å². The molecule has 1 rings (SSSR count). The predicted octanol–water partition coefficient (Wildman–Crippen LogP) is 2.29. The molecule has 0 radical (unpaired) electrons. The van der Waals surface area contributed by atoms with Gasteiger partial charge in [0.2, 0.25) is 0 Å². The molecule has 0 aliphatic heterocycles. The van der Waals surface area contributed by atoms with Crippen molar-refractivity contribution in [3.05, 3.63) is 21.9 Å². The van der Waals surface area contributed by atoms with Crippen molar-refractivity contribution >= 4 is 11.3 Å². The molecule has 4 heteroatoms. The third-order valence-corrected chi connectivity index (χ3v) is 4.18. The summed E-state index contributed by atoms with van der Waals surface area (Å²) in [5.41, 5.74) is 4.27. The number of nitrogens with zero attached hydrogens (tertiary/aromatic N) is 1. The first-order valence-electron chi connectivity index (χ1n) is 5.95. The lowest BCUT2D eigenvalue weighted by Crippen LogP contribution is -2.32. The number of aryl methyl sites for hydroxylation is 1. The van der Waals surface area contributed by atoms with Crippen molar-refractivity contribution in [3.63, 3.8) is 0 Å². The topological polar surface area (TPSA) is 41.3 Å². The van der Waals surface area contributed by atoms with E-state index in [0.717, 1.165) is 26.1 Å². The molecule has 92 valence electrons. The second-order valence-corrected chi connectivity index (χ2v) is 4.95. The van der Waals surface area contributed by atoms with Gasteiger partial charge in [-0.1, -0.05) is 13.8 Å². The Balaban J connectivity index is 2.53. The quantitative estimate of drug-likeness (QED) is 0.568. The minimum atomic E-state index is 0.292. The van der Waals surface area contributed by atoms with Crippen LogP contribution in [0.25, 0.3) is 0 Å². The molecule has 0 aliphatic rings. The lowest BCUT2D eigenvalue weighted by Gasteiger charge is -2.22. The smallest absolute Gasteiger partial charge is 0.0568 e. The highest BCUT2D eigenvalue weighted by Crippen LogP contribution is 2.25. The number of nitrogens with one attached hydrogen (secondary N) is 1. The fraction of sp³-hybridized carbons (Fsp3) is 0.667. The molecule has 3 N–H and O–H groups in total. The van der Waals surface area contributed by atoms with Gasteiger partial charge in [-0.15, -0.1) is 11.3 Å². The van der Waals surface area contributed by atoms with Crippen LogP contribution in [0.15, 0.2) is 11.4 Å². The maximum absolute atomic E-state index is 5.64. The Hall–Kier alpha value is -0.420. The Morgan fingerprint density at radius 3 is 2.56 bits per heavy atom. The molecule has 1 atom stereocenters. The van der Waals surface area contributed by atoms with Gasteiger partial charge in [-0.05, 0) is 50.0 Å². The van der Waals surface area contributed by atoms with Gasteiger partial charge in [-0.25, -0.2) is 0 Å². The molecule has 0 fully saturated rings. The number of rotatable bonds is 7. The van der Waals surface area contributed by atoms with E-state index in [-0.39, 0.29) is 0 Å². The van der Waals surface area contributed by atoms with Gasteiger partial charge in [0.1, 0.15) is 0 Å². The zero-order chi connectivity index (χ0) is 12.0. The molecule has 0 aromatic carbocycles. The van der Waals surface area contributed by atoms with Crippen LogP contribution in [0.4, 0.5) is 0 Å². The van der Waals surface area contributed by atoms with E-state index >= 15 is 0 Å². The van der Waals surface area contributed by atoms with Crippen molar-refractivity contribution in [2.45, 2.75) is 33.2 Å². The van der Waals surface area contributed by atoms with Crippen molar-refractivity contribution < 1.29 is 0 Å². The van der Waals surface area contributed by atoms with Crippen LogP contribution in [0.2, 0.25) is 0 Å². The summed E-state index contributed by atoms with van der Waals surface area (Å²) < 4.78 is 0. The van der Waals surface area contributed by atoms with Crippen molar-refractivity contribution in [1.82, 2.24) is 10.3 Å². The van der Waals surface area contributed by atoms with Gasteiger partial charge >= 0.3 is 0 Å². The van der Waals surface area contributed by atoms with Crippen LogP contribution in [0.5, 0.6) is 0 Å². The van der Waals surface area contributed by atoms with Gasteiger partial charge in [0.25, 0.3) is 0 Å². The van der Waals surface area contributed by atoms with Crippen molar-refractivity contribution in [2.75, 3.05) is 19.6 Å². The normalized spacial score (nSPS) is 13.3. The molecule has 3 nitrogen and oxygen atoms in total. The zero-order valence-electron chi connectivity index (χ0n) is 10.5. The second-order valence-electron chi connectivity index (χ2n) is 4.00. The Morgan fingerprint density at radius 2 is 2.12 bits per heavy atom. The second kappa shape index (κ2) is 7.01. The number of hydrogen-bond donors (Lipinski definition) is 2. The van der Waals surface area contributed by atoms with Gasteiger partial charge in [-0.3, -0.25) is 11.3 Å². The van der Waals surface area contributed by atoms with E-state index in [9.17, 15) is 0 Å². The highest BCUT2D eigenvalue weighted by Gasteiger charge is 2.14. The molecule has 0 aliphatic carbocycles. The number of thiophene rings is 1. The summed E-state index contributed by atoms with van der Waals surface area (Å²) in [6.45, 7) is 9.86. The monoisotopic (exact) mass is 241 g/mol. The van der Waals surface area contributed by atoms with Crippen molar-refractivity contribution in [2.24, 2.45) is 5.84 Å². The molecule has 1 unspecified atom stereocenters. The molecule has 0 amide bonds. The Morgan fingerprint density at radius 1 is 1.44 bits per heavy atom. The summed E-state index contributed by atoms with van der Waals surface area (Å²) in [7, 11) is 0. The third-order valence-electron chi connectivity index (χ3n) is 3.05. The molecule has 16 heavy (non-hydrogen) atoms. The van der Waals surface area contributed by atoms with E-state index in [1.54, 1.807) is 11.3 Å². The van der Waals surface area contributed by atoms with Gasteiger partial charge in [0.05, 0.1) is 6.04 Å². The number of hydrogen-bond acceptors (Lipinski definition) is 4. The predicted molar refractivity (Wildman–Crippen MR) is 71.5 cm³/mol. The largest absolute Gasteiger partial charge is 0.304 e. The average molecular weight is 241 g/mol. The van der Waals surface area contributed by atoms with E-state index in [1.165, 1.54) is 10.4 Å². The fourth-order valence-electron chi connectivity index (χ4n) is 1.88. The van der Waals surface area contributed by atoms with Crippen molar-refractivity contribution in [1.29, 1.82) is 0 Å². The van der Waals surface area contributed by atoms with Gasteiger partial charge in [0.15, 0.2) is 0 Å². The first-order valence-corrected chi connectivity index (χ1v) is 6.83. The summed E-state index contributed by atoms with van der Waals surface area (Å²) in [5, 5.41) is 2.13. The van der Waals surface area contributed by atoms with Gasteiger partial charge in [-0.2, -0.15) is 0 Å². The maximum atomic E-state index is 5.64. The summed E-state index contributed by atoms with van der Waals surface area (Å²) in [6.07, 6.45) is 1.07. The third kappa shape index (κ3) is 3.56. The van der Waals surface area contributed by atoms with Crippen LogP contribution >= 0.6 is 11.3 Å². The van der Waals surface area contributed by atoms with Crippen LogP contribution in [0, 0.1) is 6.92 Å². The van der Waals surface area contributed by atoms with Gasteiger partial charge in [0, 0.05) is 4.88 Å². The van der Waals surface area contributed by atoms with E-state index in [4.69, 9.17) is 5.84 Å². The minimum absolute atomic E-state index is 0.292. The number of nitrogens with two attached hydrogens (primary N) is 1. The zero-order valence-corrected chi connectivity index (χ0v) is 11.3. The van der Waals surface area contributed by atoms with E-state index in [2.05, 4.69) is 42.5 Å².